The molecule has 5 nitrogen and oxygen atoms in total. The maximum Gasteiger partial charge on any atom is 0.224 e. The molecular formula is C21H23FN4O. The summed E-state index contributed by atoms with van der Waals surface area (Å²) in [6, 6.07) is 1.53. The lowest BCUT2D eigenvalue weighted by Gasteiger charge is -2.16. The van der Waals surface area contributed by atoms with Crippen LogP contribution in [0.15, 0.2) is 30.7 Å². The van der Waals surface area contributed by atoms with Gasteiger partial charge in [0.15, 0.2) is 11.5 Å². The SMILES string of the molecule is COc1nc(CC(C)C)nc2c1C(c1cc(F)c3nccn3c1)=CCCC2. The van der Waals surface area contributed by atoms with Gasteiger partial charge in [0.05, 0.1) is 18.4 Å². The molecule has 0 atom stereocenters. The van der Waals surface area contributed by atoms with Gasteiger partial charge in [0, 0.05) is 30.6 Å². The molecule has 1 aliphatic carbocycles. The minimum atomic E-state index is -0.347. The van der Waals surface area contributed by atoms with Crippen molar-refractivity contribution in [3.8, 4) is 5.88 Å². The Labute approximate surface area is 157 Å². The zero-order valence-electron chi connectivity index (χ0n) is 15.9. The molecule has 3 aromatic heterocycles. The van der Waals surface area contributed by atoms with E-state index in [0.29, 0.717) is 17.4 Å². The Hall–Kier alpha value is -2.76. The number of aryl methyl sites for hydroxylation is 1. The van der Waals surface area contributed by atoms with Crippen LogP contribution in [0.25, 0.3) is 11.2 Å². The third-order valence-electron chi connectivity index (χ3n) is 4.77. The van der Waals surface area contributed by atoms with E-state index >= 15 is 0 Å². The smallest absolute Gasteiger partial charge is 0.224 e. The van der Waals surface area contributed by atoms with Crippen molar-refractivity contribution in [2.75, 3.05) is 7.11 Å². The number of fused-ring (bicyclic) bond motifs is 2. The number of hydrogen-bond donors (Lipinski definition) is 0. The van der Waals surface area contributed by atoms with Gasteiger partial charge in [-0.1, -0.05) is 19.9 Å². The fraction of sp³-hybridized carbons (Fsp3) is 0.381. The number of hydrogen-bond acceptors (Lipinski definition) is 4. The number of nitrogens with zero attached hydrogens (tertiary/aromatic N) is 4. The third-order valence-corrected chi connectivity index (χ3v) is 4.77. The Morgan fingerprint density at radius 3 is 2.93 bits per heavy atom. The first-order chi connectivity index (χ1) is 13.1. The normalized spacial score (nSPS) is 14.2. The van der Waals surface area contributed by atoms with Gasteiger partial charge in [-0.2, -0.15) is 4.98 Å². The van der Waals surface area contributed by atoms with Crippen molar-refractivity contribution in [1.82, 2.24) is 19.4 Å². The molecule has 0 amide bonds. The summed E-state index contributed by atoms with van der Waals surface area (Å²) in [6.45, 7) is 4.30. The lowest BCUT2D eigenvalue weighted by atomic mass is 9.98. The molecule has 1 aliphatic rings. The number of pyridine rings is 1. The Kier molecular flexibility index (Phi) is 4.64. The first-order valence-electron chi connectivity index (χ1n) is 9.33. The number of methoxy groups -OCH3 is 1. The van der Waals surface area contributed by atoms with E-state index in [2.05, 4.69) is 29.9 Å². The minimum Gasteiger partial charge on any atom is -0.480 e. The van der Waals surface area contributed by atoms with E-state index < -0.39 is 0 Å². The molecule has 0 radical (unpaired) electrons. The van der Waals surface area contributed by atoms with Crippen LogP contribution in [0.2, 0.25) is 0 Å². The highest BCUT2D eigenvalue weighted by atomic mass is 19.1. The summed E-state index contributed by atoms with van der Waals surface area (Å²) in [6.07, 6.45) is 10.9. The standard InChI is InChI=1S/C21H23FN4O/c1-13(2)10-18-24-17-7-5-4-6-15(19(17)21(25-18)27-3)14-11-16(22)20-23-8-9-26(20)12-14/h6,8-9,11-13H,4-5,7,10H2,1-3H3. The fourth-order valence-electron chi connectivity index (χ4n) is 3.61. The molecule has 27 heavy (non-hydrogen) atoms. The van der Waals surface area contributed by atoms with E-state index in [1.54, 1.807) is 23.9 Å². The van der Waals surface area contributed by atoms with Crippen LogP contribution in [0.3, 0.4) is 0 Å². The van der Waals surface area contributed by atoms with Crippen LogP contribution >= 0.6 is 0 Å². The van der Waals surface area contributed by atoms with Crippen molar-refractivity contribution in [3.63, 3.8) is 0 Å². The molecule has 0 aliphatic heterocycles. The molecule has 0 aromatic carbocycles. The number of aromatic nitrogens is 4. The minimum absolute atomic E-state index is 0.323. The Morgan fingerprint density at radius 1 is 1.30 bits per heavy atom. The number of ether oxygens (including phenoxy) is 1. The van der Waals surface area contributed by atoms with Gasteiger partial charge in [0.1, 0.15) is 5.82 Å². The molecule has 0 saturated carbocycles. The number of imidazole rings is 1. The average molecular weight is 366 g/mol. The predicted octanol–water partition coefficient (Wildman–Crippen LogP) is 4.24. The van der Waals surface area contributed by atoms with Crippen LogP contribution in [0.1, 0.15) is 49.3 Å². The highest BCUT2D eigenvalue weighted by molar-refractivity contribution is 5.83. The van der Waals surface area contributed by atoms with Crippen molar-refractivity contribution in [3.05, 3.63) is 59.2 Å². The molecule has 0 fully saturated rings. The maximum absolute atomic E-state index is 14.5. The quantitative estimate of drug-likeness (QED) is 0.693. The molecule has 140 valence electrons. The van der Waals surface area contributed by atoms with Crippen LogP contribution in [-0.2, 0) is 12.8 Å². The maximum atomic E-state index is 14.5. The van der Waals surface area contributed by atoms with Gasteiger partial charge in [0.2, 0.25) is 5.88 Å². The van der Waals surface area contributed by atoms with Crippen molar-refractivity contribution in [2.45, 2.75) is 39.5 Å². The van der Waals surface area contributed by atoms with E-state index in [4.69, 9.17) is 9.72 Å². The second kappa shape index (κ2) is 7.10. The Bertz CT molecular complexity index is 1020. The van der Waals surface area contributed by atoms with Gasteiger partial charge < -0.3 is 9.14 Å². The van der Waals surface area contributed by atoms with Gasteiger partial charge in [-0.05, 0) is 36.8 Å². The van der Waals surface area contributed by atoms with E-state index in [0.717, 1.165) is 53.9 Å². The Balaban J connectivity index is 1.89. The summed E-state index contributed by atoms with van der Waals surface area (Å²) < 4.78 is 21.9. The fourth-order valence-corrected chi connectivity index (χ4v) is 3.61. The summed E-state index contributed by atoms with van der Waals surface area (Å²) in [5.41, 5.74) is 3.88. The van der Waals surface area contributed by atoms with Crippen molar-refractivity contribution in [1.29, 1.82) is 0 Å². The molecule has 3 aromatic rings. The molecule has 3 heterocycles. The third kappa shape index (κ3) is 3.31. The van der Waals surface area contributed by atoms with E-state index in [9.17, 15) is 4.39 Å². The largest absolute Gasteiger partial charge is 0.480 e. The first kappa shape index (κ1) is 17.6. The summed E-state index contributed by atoms with van der Waals surface area (Å²) in [5, 5.41) is 0. The van der Waals surface area contributed by atoms with E-state index in [1.807, 2.05) is 6.20 Å². The van der Waals surface area contributed by atoms with Crippen molar-refractivity contribution >= 4 is 11.2 Å². The van der Waals surface area contributed by atoms with Gasteiger partial charge >= 0.3 is 0 Å². The van der Waals surface area contributed by atoms with Crippen molar-refractivity contribution < 1.29 is 9.13 Å². The molecule has 0 spiro atoms. The van der Waals surface area contributed by atoms with Gasteiger partial charge in [-0.3, -0.25) is 0 Å². The summed E-state index contributed by atoms with van der Waals surface area (Å²) in [7, 11) is 1.63. The monoisotopic (exact) mass is 366 g/mol. The molecule has 0 saturated heterocycles. The van der Waals surface area contributed by atoms with Crippen LogP contribution < -0.4 is 4.74 Å². The summed E-state index contributed by atoms with van der Waals surface area (Å²) >= 11 is 0. The second-order valence-electron chi connectivity index (χ2n) is 7.31. The second-order valence-corrected chi connectivity index (χ2v) is 7.31. The molecular weight excluding hydrogens is 343 g/mol. The van der Waals surface area contributed by atoms with Gasteiger partial charge in [0.25, 0.3) is 0 Å². The molecule has 0 N–H and O–H groups in total. The van der Waals surface area contributed by atoms with Crippen molar-refractivity contribution in [2.24, 2.45) is 5.92 Å². The lowest BCUT2D eigenvalue weighted by molar-refractivity contribution is 0.391. The first-order valence-corrected chi connectivity index (χ1v) is 9.33. The van der Waals surface area contributed by atoms with Crippen LogP contribution in [0.4, 0.5) is 4.39 Å². The van der Waals surface area contributed by atoms with Crippen LogP contribution in [-0.4, -0.2) is 26.5 Å². The van der Waals surface area contributed by atoms with Gasteiger partial charge in [-0.15, -0.1) is 0 Å². The number of allylic oxidation sites excluding steroid dienone is 1. The zero-order valence-corrected chi connectivity index (χ0v) is 15.9. The van der Waals surface area contributed by atoms with E-state index in [1.165, 1.54) is 6.07 Å². The zero-order chi connectivity index (χ0) is 19.0. The lowest BCUT2D eigenvalue weighted by Crippen LogP contribution is -2.10. The molecule has 0 unspecified atom stereocenters. The highest BCUT2D eigenvalue weighted by Gasteiger charge is 2.23. The predicted molar refractivity (Wildman–Crippen MR) is 102 cm³/mol. The number of rotatable bonds is 4. The summed E-state index contributed by atoms with van der Waals surface area (Å²) in [5.74, 6) is 1.49. The topological polar surface area (TPSA) is 52.3 Å². The summed E-state index contributed by atoms with van der Waals surface area (Å²) in [4.78, 5) is 13.5. The Morgan fingerprint density at radius 2 is 2.15 bits per heavy atom. The number of halogens is 1. The molecule has 4 rings (SSSR count). The van der Waals surface area contributed by atoms with E-state index in [-0.39, 0.29) is 5.82 Å². The van der Waals surface area contributed by atoms with Crippen LogP contribution in [0, 0.1) is 11.7 Å². The average Bonchev–Trinajstić information content (AvgIpc) is 3.00. The molecule has 6 heteroatoms. The molecule has 0 bridgehead atoms. The van der Waals surface area contributed by atoms with Gasteiger partial charge in [-0.25, -0.2) is 14.4 Å². The highest BCUT2D eigenvalue weighted by Crippen LogP contribution is 2.36. The van der Waals surface area contributed by atoms with Crippen LogP contribution in [0.5, 0.6) is 5.88 Å².